The van der Waals surface area contributed by atoms with Crippen molar-refractivity contribution in [2.45, 2.75) is 12.1 Å². The summed E-state index contributed by atoms with van der Waals surface area (Å²) in [6.07, 6.45) is -3.39. The molecule has 0 unspecified atom stereocenters. The number of hydrogen-bond acceptors (Lipinski definition) is 2. The highest BCUT2D eigenvalue weighted by atomic mass is 19.4. The molecule has 0 amide bonds. The standard InChI is InChI=1S/C9H9F3N2/c10-9(11,12)7-1-2-8(14-5-7)6-3-13-4-6/h1-2,5-6,13H,3-4H2. The predicted molar refractivity (Wildman–Crippen MR) is 44.8 cm³/mol. The van der Waals surface area contributed by atoms with Gasteiger partial charge in [-0.05, 0) is 12.1 Å². The first-order chi connectivity index (χ1) is 6.57. The average molecular weight is 202 g/mol. The maximum Gasteiger partial charge on any atom is 0.417 e. The maximum absolute atomic E-state index is 12.2. The lowest BCUT2D eigenvalue weighted by Crippen LogP contribution is -2.40. The second-order valence-corrected chi connectivity index (χ2v) is 3.32. The van der Waals surface area contributed by atoms with E-state index in [1.807, 2.05) is 0 Å². The molecule has 5 heteroatoms. The molecule has 76 valence electrons. The molecule has 2 rings (SSSR count). The second kappa shape index (κ2) is 3.24. The highest BCUT2D eigenvalue weighted by Gasteiger charge is 2.31. The van der Waals surface area contributed by atoms with Crippen molar-refractivity contribution in [3.05, 3.63) is 29.6 Å². The number of rotatable bonds is 1. The topological polar surface area (TPSA) is 24.9 Å². The molecule has 1 aliphatic rings. The van der Waals surface area contributed by atoms with Gasteiger partial charge in [0.1, 0.15) is 0 Å². The molecular formula is C9H9F3N2. The summed E-state index contributed by atoms with van der Waals surface area (Å²) in [4.78, 5) is 3.81. The van der Waals surface area contributed by atoms with E-state index in [0.717, 1.165) is 31.0 Å². The van der Waals surface area contributed by atoms with E-state index in [4.69, 9.17) is 0 Å². The van der Waals surface area contributed by atoms with Gasteiger partial charge in [0, 0.05) is 30.9 Å². The number of nitrogens with zero attached hydrogens (tertiary/aromatic N) is 1. The molecule has 0 saturated carbocycles. The van der Waals surface area contributed by atoms with Gasteiger partial charge in [-0.1, -0.05) is 0 Å². The second-order valence-electron chi connectivity index (χ2n) is 3.32. The van der Waals surface area contributed by atoms with Gasteiger partial charge >= 0.3 is 6.18 Å². The molecule has 1 aliphatic heterocycles. The number of halogens is 3. The van der Waals surface area contributed by atoms with Gasteiger partial charge in [-0.15, -0.1) is 0 Å². The normalized spacial score (nSPS) is 17.9. The summed E-state index contributed by atoms with van der Waals surface area (Å²) in [6, 6.07) is 2.54. The van der Waals surface area contributed by atoms with Gasteiger partial charge in [0.25, 0.3) is 0 Å². The van der Waals surface area contributed by atoms with Crippen LogP contribution in [0.3, 0.4) is 0 Å². The summed E-state index contributed by atoms with van der Waals surface area (Å²) in [5.74, 6) is 0.275. The number of nitrogens with one attached hydrogen (secondary N) is 1. The Hall–Kier alpha value is -1.10. The highest BCUT2D eigenvalue weighted by molar-refractivity contribution is 5.21. The first kappa shape index (κ1) is 9.45. The summed E-state index contributed by atoms with van der Waals surface area (Å²) in [6.45, 7) is 1.61. The minimum absolute atomic E-state index is 0.275. The zero-order valence-electron chi connectivity index (χ0n) is 7.30. The lowest BCUT2D eigenvalue weighted by atomic mass is 9.98. The summed E-state index contributed by atoms with van der Waals surface area (Å²) in [5, 5.41) is 3.04. The Bertz CT molecular complexity index is 314. The van der Waals surface area contributed by atoms with Crippen molar-refractivity contribution in [1.82, 2.24) is 10.3 Å². The fourth-order valence-corrected chi connectivity index (χ4v) is 1.31. The Morgan fingerprint density at radius 1 is 1.29 bits per heavy atom. The third kappa shape index (κ3) is 1.72. The zero-order chi connectivity index (χ0) is 10.2. The van der Waals surface area contributed by atoms with Crippen molar-refractivity contribution in [2.75, 3.05) is 13.1 Å². The number of hydrogen-bond donors (Lipinski definition) is 1. The van der Waals surface area contributed by atoms with Crippen LogP contribution in [0, 0.1) is 0 Å². The van der Waals surface area contributed by atoms with Crippen LogP contribution >= 0.6 is 0 Å². The van der Waals surface area contributed by atoms with E-state index in [1.165, 1.54) is 6.07 Å². The van der Waals surface area contributed by atoms with Gasteiger partial charge in [0.2, 0.25) is 0 Å². The summed E-state index contributed by atoms with van der Waals surface area (Å²) < 4.78 is 36.5. The minimum atomic E-state index is -4.29. The number of alkyl halides is 3. The van der Waals surface area contributed by atoms with Crippen LogP contribution in [-0.4, -0.2) is 18.1 Å². The summed E-state index contributed by atoms with van der Waals surface area (Å²) in [5.41, 5.74) is 0.0466. The van der Waals surface area contributed by atoms with E-state index in [0.29, 0.717) is 0 Å². The minimum Gasteiger partial charge on any atom is -0.315 e. The summed E-state index contributed by atoms with van der Waals surface area (Å²) in [7, 11) is 0. The highest BCUT2D eigenvalue weighted by Crippen LogP contribution is 2.29. The first-order valence-corrected chi connectivity index (χ1v) is 4.31. The molecule has 1 fully saturated rings. The lowest BCUT2D eigenvalue weighted by Gasteiger charge is -2.26. The maximum atomic E-state index is 12.2. The van der Waals surface area contributed by atoms with Crippen LogP contribution < -0.4 is 5.32 Å². The van der Waals surface area contributed by atoms with E-state index in [1.54, 1.807) is 0 Å². The zero-order valence-corrected chi connectivity index (χ0v) is 7.30. The van der Waals surface area contributed by atoms with Gasteiger partial charge in [0.15, 0.2) is 0 Å². The van der Waals surface area contributed by atoms with E-state index in [2.05, 4.69) is 10.3 Å². The fourth-order valence-electron chi connectivity index (χ4n) is 1.31. The molecule has 2 nitrogen and oxygen atoms in total. The molecule has 1 saturated heterocycles. The van der Waals surface area contributed by atoms with Crippen molar-refractivity contribution >= 4 is 0 Å². The molecule has 2 heterocycles. The molecule has 0 bridgehead atoms. The lowest BCUT2D eigenvalue weighted by molar-refractivity contribution is -0.137. The number of aromatic nitrogens is 1. The monoisotopic (exact) mass is 202 g/mol. The van der Waals surface area contributed by atoms with E-state index >= 15 is 0 Å². The Morgan fingerprint density at radius 3 is 2.36 bits per heavy atom. The quantitative estimate of drug-likeness (QED) is 0.750. The molecule has 0 aromatic carbocycles. The van der Waals surface area contributed by atoms with Crippen LogP contribution in [0.15, 0.2) is 18.3 Å². The molecule has 1 aromatic heterocycles. The van der Waals surface area contributed by atoms with Gasteiger partial charge in [-0.25, -0.2) is 0 Å². The van der Waals surface area contributed by atoms with Gasteiger partial charge in [0.05, 0.1) is 5.56 Å². The van der Waals surface area contributed by atoms with Crippen LogP contribution in [-0.2, 0) is 6.18 Å². The largest absolute Gasteiger partial charge is 0.417 e. The Balaban J connectivity index is 2.17. The van der Waals surface area contributed by atoms with Crippen molar-refractivity contribution in [3.8, 4) is 0 Å². The first-order valence-electron chi connectivity index (χ1n) is 4.31. The third-order valence-electron chi connectivity index (χ3n) is 2.31. The van der Waals surface area contributed by atoms with E-state index in [9.17, 15) is 13.2 Å². The van der Waals surface area contributed by atoms with Gasteiger partial charge in [-0.2, -0.15) is 13.2 Å². The predicted octanol–water partition coefficient (Wildman–Crippen LogP) is 1.79. The molecule has 0 radical (unpaired) electrons. The van der Waals surface area contributed by atoms with Gasteiger partial charge < -0.3 is 5.32 Å². The van der Waals surface area contributed by atoms with Crippen molar-refractivity contribution in [2.24, 2.45) is 0 Å². The molecule has 0 spiro atoms. The smallest absolute Gasteiger partial charge is 0.315 e. The third-order valence-corrected chi connectivity index (χ3v) is 2.31. The van der Waals surface area contributed by atoms with Crippen molar-refractivity contribution < 1.29 is 13.2 Å². The van der Waals surface area contributed by atoms with Crippen LogP contribution in [0.1, 0.15) is 17.2 Å². The van der Waals surface area contributed by atoms with Crippen LogP contribution in [0.25, 0.3) is 0 Å². The Labute approximate surface area is 79.2 Å². The van der Waals surface area contributed by atoms with E-state index < -0.39 is 11.7 Å². The van der Waals surface area contributed by atoms with Crippen LogP contribution in [0.4, 0.5) is 13.2 Å². The van der Waals surface area contributed by atoms with Gasteiger partial charge in [-0.3, -0.25) is 4.98 Å². The number of pyridine rings is 1. The molecule has 1 aromatic rings. The SMILES string of the molecule is FC(F)(F)c1ccc(C2CNC2)nc1. The molecule has 0 atom stereocenters. The van der Waals surface area contributed by atoms with Crippen molar-refractivity contribution in [3.63, 3.8) is 0 Å². The molecular weight excluding hydrogens is 193 g/mol. The Morgan fingerprint density at radius 2 is 2.00 bits per heavy atom. The van der Waals surface area contributed by atoms with Crippen LogP contribution in [0.2, 0.25) is 0 Å². The molecule has 14 heavy (non-hydrogen) atoms. The molecule has 1 N–H and O–H groups in total. The summed E-state index contributed by atoms with van der Waals surface area (Å²) >= 11 is 0. The van der Waals surface area contributed by atoms with Crippen molar-refractivity contribution in [1.29, 1.82) is 0 Å². The van der Waals surface area contributed by atoms with E-state index in [-0.39, 0.29) is 5.92 Å². The Kier molecular flexibility index (Phi) is 2.19. The fraction of sp³-hybridized carbons (Fsp3) is 0.444. The van der Waals surface area contributed by atoms with Crippen LogP contribution in [0.5, 0.6) is 0 Å². The average Bonchev–Trinajstić information content (AvgIpc) is 2.00. The molecule has 0 aliphatic carbocycles.